The molecule has 0 spiro atoms. The summed E-state index contributed by atoms with van der Waals surface area (Å²) >= 11 is 6.81. The first-order chi connectivity index (χ1) is 37.3. The maximum absolute atomic E-state index is 14.3. The Hall–Kier alpha value is -7.28. The van der Waals surface area contributed by atoms with E-state index >= 15 is 0 Å². The number of methoxy groups -OCH3 is 2. The number of epoxide rings is 1. The molecule has 5 N–H and O–H groups in total. The van der Waals surface area contributed by atoms with Gasteiger partial charge in [-0.2, -0.15) is 13.5 Å². The number of benzene rings is 3. The van der Waals surface area contributed by atoms with Crippen LogP contribution in [0.4, 0.5) is 16.2 Å². The predicted octanol–water partition coefficient (Wildman–Crippen LogP) is 5.73. The lowest BCUT2D eigenvalue weighted by Crippen LogP contribution is -2.63. The minimum absolute atomic E-state index is 0.00370. The van der Waals surface area contributed by atoms with E-state index < -0.39 is 104 Å². The molecule has 7 atom stereocenters. The molecule has 4 aliphatic rings. The van der Waals surface area contributed by atoms with Crippen LogP contribution in [0.3, 0.4) is 0 Å². The maximum Gasteiger partial charge on any atom is 0.409 e. The van der Waals surface area contributed by atoms with Crippen LogP contribution in [-0.2, 0) is 65.9 Å². The number of imide groups is 1. The number of nitrogens with one attached hydrogen (secondary N) is 3. The maximum atomic E-state index is 14.3. The van der Waals surface area contributed by atoms with Crippen LogP contribution in [0.1, 0.15) is 93.3 Å². The Morgan fingerprint density at radius 1 is 1.00 bits per heavy atom. The number of halogens is 1. The fourth-order valence-corrected chi connectivity index (χ4v) is 10.7. The number of fused-ring (bicyclic) bond motifs is 5. The molecule has 0 aromatic heterocycles. The molecule has 4 aliphatic heterocycles. The van der Waals surface area contributed by atoms with E-state index in [1.807, 2.05) is 13.0 Å². The summed E-state index contributed by atoms with van der Waals surface area (Å²) in [4.78, 5) is 92.3. The number of unbranched alkanes of at least 4 members (excludes halogenated alkanes) is 2. The van der Waals surface area contributed by atoms with Crippen LogP contribution in [0.2, 0.25) is 5.02 Å². The van der Waals surface area contributed by atoms with E-state index in [0.29, 0.717) is 48.2 Å². The van der Waals surface area contributed by atoms with Crippen molar-refractivity contribution < 1.29 is 75.3 Å². The number of anilines is 2. The first kappa shape index (κ1) is 59.4. The lowest BCUT2D eigenvalue weighted by Gasteiger charge is -2.42. The lowest BCUT2D eigenvalue weighted by atomic mass is 9.83. The molecule has 22 nitrogen and oxygen atoms in total. The van der Waals surface area contributed by atoms with E-state index in [4.69, 9.17) is 35.3 Å². The third-order valence-corrected chi connectivity index (χ3v) is 15.5. The van der Waals surface area contributed by atoms with E-state index in [2.05, 4.69) is 21.2 Å². The first-order valence-electron chi connectivity index (χ1n) is 25.3. The molecule has 422 valence electrons. The molecule has 79 heavy (non-hydrogen) atoms. The number of esters is 1. The van der Waals surface area contributed by atoms with Gasteiger partial charge in [0.15, 0.2) is 5.72 Å². The summed E-state index contributed by atoms with van der Waals surface area (Å²) in [7, 11) is -0.564. The van der Waals surface area contributed by atoms with Crippen LogP contribution in [0.5, 0.6) is 5.75 Å². The number of aliphatic hydroxyl groups is 1. The van der Waals surface area contributed by atoms with Crippen LogP contribution in [-0.4, -0.2) is 134 Å². The van der Waals surface area contributed by atoms with Gasteiger partial charge < -0.3 is 39.0 Å². The summed E-state index contributed by atoms with van der Waals surface area (Å²) in [6.45, 7) is 7.13. The van der Waals surface area contributed by atoms with Crippen molar-refractivity contribution in [1.29, 1.82) is 0 Å². The van der Waals surface area contributed by atoms with Crippen molar-refractivity contribution in [3.8, 4) is 5.75 Å². The van der Waals surface area contributed by atoms with Gasteiger partial charge in [0, 0.05) is 57.3 Å². The predicted molar refractivity (Wildman–Crippen MR) is 288 cm³/mol. The zero-order valence-corrected chi connectivity index (χ0v) is 46.1. The summed E-state index contributed by atoms with van der Waals surface area (Å²) in [6.07, 6.45) is 4.00. The zero-order valence-electron chi connectivity index (χ0n) is 44.6. The Morgan fingerprint density at radius 3 is 2.38 bits per heavy atom. The summed E-state index contributed by atoms with van der Waals surface area (Å²) in [5.74, 6) is -3.71. The number of carbonyl (C=O) groups excluding carboxylic acids is 7. The van der Waals surface area contributed by atoms with Gasteiger partial charge in [0.25, 0.3) is 27.8 Å². The highest BCUT2D eigenvalue weighted by atomic mass is 35.5. The Morgan fingerprint density at radius 2 is 1.71 bits per heavy atom. The summed E-state index contributed by atoms with van der Waals surface area (Å²) < 4.78 is 64.3. The van der Waals surface area contributed by atoms with Gasteiger partial charge in [-0.3, -0.25) is 43.5 Å². The monoisotopic (exact) mass is 1130 g/mol. The molecule has 3 aromatic rings. The van der Waals surface area contributed by atoms with Gasteiger partial charge in [-0.1, -0.05) is 73.0 Å². The lowest BCUT2D eigenvalue weighted by molar-refractivity contribution is -0.153. The van der Waals surface area contributed by atoms with Crippen molar-refractivity contribution in [2.45, 2.75) is 120 Å². The Kier molecular flexibility index (Phi) is 18.6. The van der Waals surface area contributed by atoms with Crippen LogP contribution in [0.15, 0.2) is 101 Å². The highest BCUT2D eigenvalue weighted by Crippen LogP contribution is 2.49. The number of ether oxygens (including phenoxy) is 5. The summed E-state index contributed by atoms with van der Waals surface area (Å²) in [5, 5.41) is 21.2. The SMILES string of the molecule is COc1cc2cc(c1Cl)N(C)C(=O)C[C@H](OC(=O)Cc1ccc(/C(C)=N/NC(=O)c3ccc(NC(=O)CCCCCN4C(=O)C=CC4=O)cc3S(=O)(=O)O)cc1)C1(C)OC1C(C)[C@@H]1C[C@@](O)(NC(=O)O1)[C@H](OC)/C=C/C=C(\C)C2. The number of hydrogen-bond acceptors (Lipinski definition) is 16. The number of rotatable bonds is 16. The van der Waals surface area contributed by atoms with Gasteiger partial charge in [0.2, 0.25) is 11.8 Å². The molecule has 2 saturated heterocycles. The molecule has 3 aromatic carbocycles. The standard InChI is InChI=1S/C55H63ClN6O16S/c1-31-12-11-13-43(75-7)55(70)30-41(76-53(69)58-55)32(2)51-54(4,78-51)44(29-48(66)61(5)39-25-35(24-31)26-40(74-6)50(39)56)77-49(67)27-34-15-17-36(18-16-34)33(3)59-60-52(68)38-20-19-37(28-42(38)79(71,72)73)57-45(63)14-9-8-10-23-62-46(64)21-22-47(62)65/h11-13,15-22,25-26,28,32,41,43-44,51,70H,8-10,14,23-24,27,29-30H2,1-7H3,(H,57,63)(H,58,69)(H,60,68)(H,71,72,73)/b13-11+,31-12+,59-33+/t32?,41-,43+,44-,51?,54?,55-/m0/s1. The molecule has 7 rings (SSSR count). The fraction of sp³-hybridized carbons (Fsp3) is 0.418. The molecule has 0 saturated carbocycles. The van der Waals surface area contributed by atoms with Gasteiger partial charge in [-0.15, -0.1) is 0 Å². The number of carbonyl (C=O) groups is 7. The largest absolute Gasteiger partial charge is 0.495 e. The van der Waals surface area contributed by atoms with Crippen LogP contribution in [0, 0.1) is 5.92 Å². The zero-order chi connectivity index (χ0) is 57.6. The second-order valence-electron chi connectivity index (χ2n) is 20.0. The molecule has 3 unspecified atom stereocenters. The summed E-state index contributed by atoms with van der Waals surface area (Å²) in [5.41, 5.74) is 1.91. The van der Waals surface area contributed by atoms with E-state index in [9.17, 15) is 51.6 Å². The third kappa shape index (κ3) is 14.3. The van der Waals surface area contributed by atoms with Crippen molar-refractivity contribution in [3.63, 3.8) is 0 Å². The van der Waals surface area contributed by atoms with Crippen molar-refractivity contribution in [2.24, 2.45) is 11.0 Å². The van der Waals surface area contributed by atoms with Gasteiger partial charge in [-0.05, 0) is 87.1 Å². The van der Waals surface area contributed by atoms with E-state index in [1.165, 1.54) is 37.3 Å². The molecule has 6 amide bonds. The first-order valence-corrected chi connectivity index (χ1v) is 27.1. The van der Waals surface area contributed by atoms with Crippen LogP contribution >= 0.6 is 11.6 Å². The van der Waals surface area contributed by atoms with Gasteiger partial charge in [0.1, 0.15) is 39.6 Å². The topological polar surface area (TPSA) is 298 Å². The Labute approximate surface area is 461 Å². The number of allylic oxidation sites excluding steroid dienone is 3. The quantitative estimate of drug-likeness (QED) is 0.0217. The number of alkyl carbamates (subject to hydrolysis) is 1. The number of nitrogens with zero attached hydrogens (tertiary/aromatic N) is 3. The van der Waals surface area contributed by atoms with Crippen molar-refractivity contribution in [1.82, 2.24) is 15.6 Å². The summed E-state index contributed by atoms with van der Waals surface area (Å²) in [6, 6.07) is 13.3. The van der Waals surface area contributed by atoms with Crippen LogP contribution in [0.25, 0.3) is 0 Å². The minimum atomic E-state index is -4.98. The second-order valence-corrected chi connectivity index (χ2v) is 21.8. The van der Waals surface area contributed by atoms with E-state index in [1.54, 1.807) is 76.4 Å². The molecular formula is C55H63ClN6O16S. The molecule has 4 bridgehead atoms. The Bertz CT molecular complexity index is 3130. The Balaban J connectivity index is 1.02. The van der Waals surface area contributed by atoms with Crippen molar-refractivity contribution in [3.05, 3.63) is 118 Å². The molecule has 2 fully saturated rings. The van der Waals surface area contributed by atoms with E-state index in [-0.39, 0.29) is 48.6 Å². The highest BCUT2D eigenvalue weighted by molar-refractivity contribution is 7.86. The average Bonchev–Trinajstić information content (AvgIpc) is 4.24. The third-order valence-electron chi connectivity index (χ3n) is 14.2. The fourth-order valence-electron chi connectivity index (χ4n) is 9.70. The van der Waals surface area contributed by atoms with Gasteiger partial charge in [0.05, 0.1) is 43.0 Å². The molecule has 0 aliphatic carbocycles. The van der Waals surface area contributed by atoms with Crippen molar-refractivity contribution in [2.75, 3.05) is 38.0 Å². The van der Waals surface area contributed by atoms with Crippen LogP contribution < -0.4 is 25.7 Å². The number of hydrogen-bond donors (Lipinski definition) is 5. The van der Waals surface area contributed by atoms with E-state index in [0.717, 1.165) is 28.2 Å². The van der Waals surface area contributed by atoms with Gasteiger partial charge >= 0.3 is 12.1 Å². The smallest absolute Gasteiger partial charge is 0.409 e. The molecular weight excluding hydrogens is 1070 g/mol. The average molecular weight is 1130 g/mol. The second kappa shape index (κ2) is 24.8. The molecule has 4 heterocycles. The number of amides is 6. The highest BCUT2D eigenvalue weighted by Gasteiger charge is 2.64. The molecule has 0 radical (unpaired) electrons. The van der Waals surface area contributed by atoms with Crippen molar-refractivity contribution >= 4 is 80.4 Å². The molecule has 24 heteroatoms. The minimum Gasteiger partial charge on any atom is -0.495 e. The normalized spacial score (nSPS) is 25.6. The number of hydrazone groups is 1. The van der Waals surface area contributed by atoms with Gasteiger partial charge in [-0.25, -0.2) is 10.2 Å².